The zero-order chi connectivity index (χ0) is 14.7. The monoisotopic (exact) mass is 290 g/mol. The molecule has 21 heavy (non-hydrogen) atoms. The van der Waals surface area contributed by atoms with Gasteiger partial charge in [0.05, 0.1) is 0 Å². The number of ether oxygens (including phenoxy) is 1. The topological polar surface area (TPSA) is 54.1 Å². The molecule has 1 saturated heterocycles. The van der Waals surface area contributed by atoms with Crippen molar-refractivity contribution in [3.8, 4) is 0 Å². The standard InChI is InChI=1S/C16H19FN2O2/c17-13-4-3-12-8-15(19-14(12)9-13)16(20)18-6-1-2-11-5-7-21-10-11/h3-4,8-9,11,19H,1-2,5-7,10H2,(H,18,20)/t11-/m0/s1. The van der Waals surface area contributed by atoms with Crippen molar-refractivity contribution in [2.24, 2.45) is 5.92 Å². The van der Waals surface area contributed by atoms with E-state index in [9.17, 15) is 9.18 Å². The number of aromatic nitrogens is 1. The molecular weight excluding hydrogens is 271 g/mol. The maximum atomic E-state index is 13.1. The quantitative estimate of drug-likeness (QED) is 0.832. The first-order chi connectivity index (χ1) is 10.2. The van der Waals surface area contributed by atoms with Crippen molar-refractivity contribution < 1.29 is 13.9 Å². The summed E-state index contributed by atoms with van der Waals surface area (Å²) < 4.78 is 18.4. The van der Waals surface area contributed by atoms with Crippen LogP contribution in [0.4, 0.5) is 4.39 Å². The number of fused-ring (bicyclic) bond motifs is 1. The van der Waals surface area contributed by atoms with Crippen molar-refractivity contribution in [2.45, 2.75) is 19.3 Å². The highest BCUT2D eigenvalue weighted by atomic mass is 19.1. The van der Waals surface area contributed by atoms with Crippen LogP contribution in [-0.2, 0) is 4.74 Å². The summed E-state index contributed by atoms with van der Waals surface area (Å²) in [5.41, 5.74) is 1.11. The second kappa shape index (κ2) is 6.26. The zero-order valence-electron chi connectivity index (χ0n) is 11.8. The second-order valence-corrected chi connectivity index (χ2v) is 5.54. The van der Waals surface area contributed by atoms with E-state index in [4.69, 9.17) is 4.74 Å². The van der Waals surface area contributed by atoms with Crippen LogP contribution in [0.2, 0.25) is 0 Å². The van der Waals surface area contributed by atoms with Crippen LogP contribution in [0.25, 0.3) is 10.9 Å². The van der Waals surface area contributed by atoms with E-state index >= 15 is 0 Å². The van der Waals surface area contributed by atoms with Gasteiger partial charge in [-0.3, -0.25) is 4.79 Å². The number of benzene rings is 1. The maximum absolute atomic E-state index is 13.1. The minimum Gasteiger partial charge on any atom is -0.381 e. The summed E-state index contributed by atoms with van der Waals surface area (Å²) in [5, 5.41) is 3.73. The van der Waals surface area contributed by atoms with Gasteiger partial charge in [-0.25, -0.2) is 4.39 Å². The van der Waals surface area contributed by atoms with Gasteiger partial charge in [0.2, 0.25) is 0 Å². The highest BCUT2D eigenvalue weighted by molar-refractivity contribution is 5.97. The van der Waals surface area contributed by atoms with Crippen molar-refractivity contribution in [1.82, 2.24) is 10.3 Å². The molecule has 1 amide bonds. The Morgan fingerprint density at radius 3 is 3.14 bits per heavy atom. The fraction of sp³-hybridized carbons (Fsp3) is 0.438. The van der Waals surface area contributed by atoms with Gasteiger partial charge >= 0.3 is 0 Å². The molecule has 0 aliphatic carbocycles. The molecule has 1 aliphatic heterocycles. The van der Waals surface area contributed by atoms with Crippen molar-refractivity contribution in [1.29, 1.82) is 0 Å². The number of H-pyrrole nitrogens is 1. The predicted octanol–water partition coefficient (Wildman–Crippen LogP) is 2.85. The number of carbonyl (C=O) groups excluding carboxylic acids is 1. The Bertz CT molecular complexity index is 632. The van der Waals surface area contributed by atoms with Gasteiger partial charge in [-0.2, -0.15) is 0 Å². The molecule has 0 bridgehead atoms. The van der Waals surface area contributed by atoms with Crippen molar-refractivity contribution in [3.05, 3.63) is 35.8 Å². The molecule has 1 aliphatic rings. The van der Waals surface area contributed by atoms with Crippen molar-refractivity contribution >= 4 is 16.8 Å². The number of carbonyl (C=O) groups is 1. The number of aromatic amines is 1. The Hall–Kier alpha value is -1.88. The highest BCUT2D eigenvalue weighted by Gasteiger charge is 2.15. The van der Waals surface area contributed by atoms with Crippen LogP contribution in [0.3, 0.4) is 0 Å². The molecule has 0 saturated carbocycles. The summed E-state index contributed by atoms with van der Waals surface area (Å²) in [4.78, 5) is 15.0. The van der Waals surface area contributed by atoms with E-state index in [1.165, 1.54) is 12.1 Å². The third-order valence-corrected chi connectivity index (χ3v) is 3.93. The summed E-state index contributed by atoms with van der Waals surface area (Å²) in [6.07, 6.45) is 3.16. The second-order valence-electron chi connectivity index (χ2n) is 5.54. The van der Waals surface area contributed by atoms with Crippen LogP contribution in [0.5, 0.6) is 0 Å². The minimum absolute atomic E-state index is 0.144. The highest BCUT2D eigenvalue weighted by Crippen LogP contribution is 2.18. The molecule has 1 aromatic heterocycles. The normalized spacial score (nSPS) is 18.2. The van der Waals surface area contributed by atoms with Gasteiger partial charge < -0.3 is 15.0 Å². The first-order valence-electron chi connectivity index (χ1n) is 7.36. The molecule has 0 unspecified atom stereocenters. The van der Waals surface area contributed by atoms with E-state index < -0.39 is 0 Å². The third kappa shape index (κ3) is 3.42. The van der Waals surface area contributed by atoms with E-state index in [0.717, 1.165) is 37.9 Å². The lowest BCUT2D eigenvalue weighted by molar-refractivity contribution is 0.0948. The average Bonchev–Trinajstić information content (AvgIpc) is 3.11. The summed E-state index contributed by atoms with van der Waals surface area (Å²) in [6, 6.07) is 6.20. The molecule has 1 fully saturated rings. The van der Waals surface area contributed by atoms with Crippen LogP contribution in [0.1, 0.15) is 29.8 Å². The maximum Gasteiger partial charge on any atom is 0.267 e. The number of halogens is 1. The molecule has 2 N–H and O–H groups in total. The van der Waals surface area contributed by atoms with Gasteiger partial charge in [-0.05, 0) is 49.4 Å². The molecule has 2 aromatic rings. The number of hydrogen-bond acceptors (Lipinski definition) is 2. The van der Waals surface area contributed by atoms with Crippen LogP contribution in [-0.4, -0.2) is 30.6 Å². The summed E-state index contributed by atoms with van der Waals surface area (Å²) in [6.45, 7) is 2.36. The first-order valence-corrected chi connectivity index (χ1v) is 7.36. The molecule has 5 heteroatoms. The van der Waals surface area contributed by atoms with Crippen molar-refractivity contribution in [2.75, 3.05) is 19.8 Å². The number of rotatable bonds is 5. The SMILES string of the molecule is O=C(NCCC[C@H]1CCOC1)c1cc2ccc(F)cc2[nH]1. The van der Waals surface area contributed by atoms with E-state index in [1.54, 1.807) is 12.1 Å². The molecule has 4 nitrogen and oxygen atoms in total. The van der Waals surface area contributed by atoms with Crippen LogP contribution < -0.4 is 5.32 Å². The molecule has 1 atom stereocenters. The van der Waals surface area contributed by atoms with E-state index in [1.807, 2.05) is 0 Å². The molecule has 0 spiro atoms. The minimum atomic E-state index is -0.310. The fourth-order valence-corrected chi connectivity index (χ4v) is 2.72. The molecule has 1 aromatic carbocycles. The number of nitrogens with one attached hydrogen (secondary N) is 2. The predicted molar refractivity (Wildman–Crippen MR) is 78.7 cm³/mol. The average molecular weight is 290 g/mol. The Kier molecular flexibility index (Phi) is 4.20. The van der Waals surface area contributed by atoms with Crippen LogP contribution in [0, 0.1) is 11.7 Å². The van der Waals surface area contributed by atoms with Crippen molar-refractivity contribution in [3.63, 3.8) is 0 Å². The number of hydrogen-bond donors (Lipinski definition) is 2. The van der Waals surface area contributed by atoms with E-state index in [2.05, 4.69) is 10.3 Å². The first kappa shape index (κ1) is 14.1. The molecule has 3 rings (SSSR count). The number of amides is 1. The van der Waals surface area contributed by atoms with Gasteiger partial charge in [-0.1, -0.05) is 0 Å². The van der Waals surface area contributed by atoms with Crippen LogP contribution >= 0.6 is 0 Å². The van der Waals surface area contributed by atoms with Gasteiger partial charge in [-0.15, -0.1) is 0 Å². The van der Waals surface area contributed by atoms with E-state index in [-0.39, 0.29) is 11.7 Å². The molecule has 0 radical (unpaired) electrons. The summed E-state index contributed by atoms with van der Waals surface area (Å²) in [5.74, 6) is 0.183. The Morgan fingerprint density at radius 1 is 1.43 bits per heavy atom. The lowest BCUT2D eigenvalue weighted by atomic mass is 10.0. The third-order valence-electron chi connectivity index (χ3n) is 3.93. The summed E-state index contributed by atoms with van der Waals surface area (Å²) in [7, 11) is 0. The largest absolute Gasteiger partial charge is 0.381 e. The van der Waals surface area contributed by atoms with E-state index in [0.29, 0.717) is 23.7 Å². The molecule has 112 valence electrons. The van der Waals surface area contributed by atoms with Gasteiger partial charge in [0.15, 0.2) is 0 Å². The summed E-state index contributed by atoms with van der Waals surface area (Å²) >= 11 is 0. The Balaban J connectivity index is 1.51. The zero-order valence-corrected chi connectivity index (χ0v) is 11.8. The Labute approximate surface area is 122 Å². The molecular formula is C16H19FN2O2. The molecule has 2 heterocycles. The Morgan fingerprint density at radius 2 is 2.33 bits per heavy atom. The van der Waals surface area contributed by atoms with Crippen LogP contribution in [0.15, 0.2) is 24.3 Å². The van der Waals surface area contributed by atoms with Gasteiger partial charge in [0.25, 0.3) is 5.91 Å². The van der Waals surface area contributed by atoms with Gasteiger partial charge in [0.1, 0.15) is 11.5 Å². The fourth-order valence-electron chi connectivity index (χ4n) is 2.72. The smallest absolute Gasteiger partial charge is 0.267 e. The lowest BCUT2D eigenvalue weighted by Crippen LogP contribution is -2.25. The lowest BCUT2D eigenvalue weighted by Gasteiger charge is -2.07. The van der Waals surface area contributed by atoms with Gasteiger partial charge in [0, 0.05) is 30.7 Å².